The molecule has 0 amide bonds. The molecule has 0 unspecified atom stereocenters. The Morgan fingerprint density at radius 1 is 1.26 bits per heavy atom. The van der Waals surface area contributed by atoms with Crippen LogP contribution in [0.15, 0.2) is 36.5 Å². The summed E-state index contributed by atoms with van der Waals surface area (Å²) in [5, 5.41) is 1.23. The van der Waals surface area contributed by atoms with Crippen LogP contribution < -0.4 is 5.19 Å². The molecule has 1 radical (unpaired) electrons. The van der Waals surface area contributed by atoms with Gasteiger partial charge in [-0.3, -0.25) is 4.89 Å². The molecule has 0 aliphatic rings. The van der Waals surface area contributed by atoms with Crippen LogP contribution in [0.5, 0.6) is 0 Å². The molecule has 103 valence electrons. The van der Waals surface area contributed by atoms with Gasteiger partial charge < -0.3 is 0 Å². The molecule has 4 heteroatoms. The Labute approximate surface area is 116 Å². The van der Waals surface area contributed by atoms with E-state index in [0.29, 0.717) is 18.1 Å². The first-order valence-corrected chi connectivity index (χ1v) is 9.44. The van der Waals surface area contributed by atoms with E-state index in [1.54, 1.807) is 19.1 Å². The van der Waals surface area contributed by atoms with Crippen molar-refractivity contribution >= 4 is 19.2 Å². The second kappa shape index (κ2) is 6.68. The molecule has 1 rings (SSSR count). The largest absolute Gasteiger partial charge is 0.373 e. The molecule has 1 aromatic carbocycles. The standard InChI is InChI=1S/C15H21O3Si/c1-6-12(3)17-18-15(16)13-8-10-14(11-9-13)19(4,5)7-2/h7-11H,2,6H2,1,3-5H3. The van der Waals surface area contributed by atoms with Gasteiger partial charge in [-0.05, 0) is 25.5 Å². The summed E-state index contributed by atoms with van der Waals surface area (Å²) in [5.74, 6) is -0.475. The van der Waals surface area contributed by atoms with E-state index in [9.17, 15) is 4.79 Å². The fraction of sp³-hybridized carbons (Fsp3) is 0.333. The van der Waals surface area contributed by atoms with Gasteiger partial charge in [0.2, 0.25) is 0 Å². The van der Waals surface area contributed by atoms with Crippen LogP contribution in [0.1, 0.15) is 30.6 Å². The average molecular weight is 277 g/mol. The highest BCUT2D eigenvalue weighted by atomic mass is 28.3. The van der Waals surface area contributed by atoms with E-state index in [1.165, 1.54) is 5.19 Å². The highest BCUT2D eigenvalue weighted by Gasteiger charge is 2.19. The zero-order valence-corrected chi connectivity index (χ0v) is 13.0. The summed E-state index contributed by atoms with van der Waals surface area (Å²) in [6.45, 7) is 12.0. The third-order valence-corrected chi connectivity index (χ3v) is 5.97. The predicted octanol–water partition coefficient (Wildman–Crippen LogP) is 3.38. The summed E-state index contributed by atoms with van der Waals surface area (Å²) in [5.41, 5.74) is 2.50. The molecular weight excluding hydrogens is 256 g/mol. The maximum atomic E-state index is 11.7. The Balaban J connectivity index is 2.71. The summed E-state index contributed by atoms with van der Waals surface area (Å²) >= 11 is 0. The number of rotatable bonds is 6. The van der Waals surface area contributed by atoms with Crippen LogP contribution in [0.2, 0.25) is 13.1 Å². The summed E-state index contributed by atoms with van der Waals surface area (Å²) in [7, 11) is -1.58. The molecule has 0 aromatic heterocycles. The second-order valence-corrected chi connectivity index (χ2v) is 9.44. The Morgan fingerprint density at radius 2 is 1.84 bits per heavy atom. The summed E-state index contributed by atoms with van der Waals surface area (Å²) in [6.07, 6.45) is 1.39. The number of benzene rings is 1. The normalized spacial score (nSPS) is 11.4. The van der Waals surface area contributed by atoms with E-state index in [-0.39, 0.29) is 0 Å². The van der Waals surface area contributed by atoms with Crippen LogP contribution in [0, 0.1) is 6.10 Å². The fourth-order valence-electron chi connectivity index (χ4n) is 1.37. The van der Waals surface area contributed by atoms with Gasteiger partial charge in [0.1, 0.15) is 14.2 Å². The van der Waals surface area contributed by atoms with Crippen molar-refractivity contribution in [2.75, 3.05) is 0 Å². The van der Waals surface area contributed by atoms with Gasteiger partial charge in [-0.2, -0.15) is 4.89 Å². The van der Waals surface area contributed by atoms with Crippen molar-refractivity contribution in [3.05, 3.63) is 48.2 Å². The van der Waals surface area contributed by atoms with Crippen LogP contribution in [0.4, 0.5) is 0 Å². The lowest BCUT2D eigenvalue weighted by atomic mass is 10.2. The molecule has 0 aliphatic carbocycles. The molecule has 0 saturated heterocycles. The Morgan fingerprint density at radius 3 is 2.32 bits per heavy atom. The Kier molecular flexibility index (Phi) is 5.51. The number of hydrogen-bond donors (Lipinski definition) is 0. The van der Waals surface area contributed by atoms with E-state index in [4.69, 9.17) is 9.78 Å². The van der Waals surface area contributed by atoms with Gasteiger partial charge in [0.05, 0.1) is 5.56 Å². The van der Waals surface area contributed by atoms with Crippen molar-refractivity contribution in [2.24, 2.45) is 0 Å². The van der Waals surface area contributed by atoms with E-state index >= 15 is 0 Å². The molecule has 0 fully saturated rings. The van der Waals surface area contributed by atoms with E-state index < -0.39 is 14.0 Å². The zero-order valence-electron chi connectivity index (χ0n) is 12.0. The second-order valence-electron chi connectivity index (χ2n) is 5.01. The van der Waals surface area contributed by atoms with Crippen molar-refractivity contribution in [1.29, 1.82) is 0 Å². The molecule has 1 aromatic rings. The van der Waals surface area contributed by atoms with Crippen molar-refractivity contribution < 1.29 is 14.6 Å². The lowest BCUT2D eigenvalue weighted by Gasteiger charge is -2.17. The first-order valence-electron chi connectivity index (χ1n) is 6.36. The molecule has 0 spiro atoms. The topological polar surface area (TPSA) is 35.5 Å². The first kappa shape index (κ1) is 15.7. The monoisotopic (exact) mass is 277 g/mol. The number of carbonyl (C=O) groups excluding carboxylic acids is 1. The highest BCUT2D eigenvalue weighted by Crippen LogP contribution is 2.10. The van der Waals surface area contributed by atoms with Gasteiger partial charge in [-0.1, -0.05) is 43.0 Å². The first-order chi connectivity index (χ1) is 8.90. The molecular formula is C15H21O3Si. The third-order valence-electron chi connectivity index (χ3n) is 3.13. The minimum Gasteiger partial charge on any atom is -0.292 e. The summed E-state index contributed by atoms with van der Waals surface area (Å²) in [4.78, 5) is 21.4. The molecule has 0 heterocycles. The van der Waals surface area contributed by atoms with E-state index in [1.807, 2.05) is 24.8 Å². The predicted molar refractivity (Wildman–Crippen MR) is 79.5 cm³/mol. The summed E-state index contributed by atoms with van der Waals surface area (Å²) in [6, 6.07) is 7.45. The van der Waals surface area contributed by atoms with Crippen molar-refractivity contribution in [2.45, 2.75) is 33.4 Å². The molecule has 0 atom stereocenters. The van der Waals surface area contributed by atoms with Crippen LogP contribution in [0.25, 0.3) is 0 Å². The maximum Gasteiger partial charge on any atom is 0.373 e. The smallest absolute Gasteiger partial charge is 0.292 e. The lowest BCUT2D eigenvalue weighted by Crippen LogP contribution is -2.39. The molecule has 0 aliphatic heterocycles. The minimum absolute atomic E-state index is 0.475. The van der Waals surface area contributed by atoms with Crippen LogP contribution >= 0.6 is 0 Å². The molecule has 0 saturated carbocycles. The van der Waals surface area contributed by atoms with Gasteiger partial charge >= 0.3 is 5.97 Å². The Bertz CT molecular complexity index is 437. The van der Waals surface area contributed by atoms with Crippen molar-refractivity contribution in [3.63, 3.8) is 0 Å². The van der Waals surface area contributed by atoms with Gasteiger partial charge in [-0.15, -0.1) is 6.58 Å². The Hall–Kier alpha value is -1.39. The quantitative estimate of drug-likeness (QED) is 0.454. The van der Waals surface area contributed by atoms with Crippen LogP contribution in [-0.2, 0) is 9.78 Å². The number of hydrogen-bond acceptors (Lipinski definition) is 3. The van der Waals surface area contributed by atoms with Gasteiger partial charge in [0, 0.05) is 0 Å². The zero-order chi connectivity index (χ0) is 14.5. The summed E-state index contributed by atoms with van der Waals surface area (Å²) < 4.78 is 0. The van der Waals surface area contributed by atoms with Gasteiger partial charge in [0.25, 0.3) is 0 Å². The molecule has 0 bridgehead atoms. The molecule has 3 nitrogen and oxygen atoms in total. The van der Waals surface area contributed by atoms with Crippen LogP contribution in [-0.4, -0.2) is 14.0 Å². The van der Waals surface area contributed by atoms with Gasteiger partial charge in [0.15, 0.2) is 0 Å². The fourth-order valence-corrected chi connectivity index (χ4v) is 2.63. The SMILES string of the molecule is C=C[Si](C)(C)c1ccc(C(=O)OO[C](C)CC)cc1. The highest BCUT2D eigenvalue weighted by molar-refractivity contribution is 6.93. The maximum absolute atomic E-state index is 11.7. The van der Waals surface area contributed by atoms with E-state index in [2.05, 4.69) is 19.7 Å². The third kappa shape index (κ3) is 4.33. The molecule has 0 N–H and O–H groups in total. The van der Waals surface area contributed by atoms with Crippen molar-refractivity contribution in [1.82, 2.24) is 0 Å². The average Bonchev–Trinajstić information content (AvgIpc) is 2.44. The van der Waals surface area contributed by atoms with Crippen LogP contribution in [0.3, 0.4) is 0 Å². The minimum atomic E-state index is -1.58. The van der Waals surface area contributed by atoms with Gasteiger partial charge in [-0.25, -0.2) is 4.79 Å². The van der Waals surface area contributed by atoms with E-state index in [0.717, 1.165) is 0 Å². The molecule has 19 heavy (non-hydrogen) atoms. The number of carbonyl (C=O) groups is 1. The van der Waals surface area contributed by atoms with Crippen molar-refractivity contribution in [3.8, 4) is 0 Å². The lowest BCUT2D eigenvalue weighted by molar-refractivity contribution is -0.232.